The van der Waals surface area contributed by atoms with Gasteiger partial charge in [0.05, 0.1) is 5.69 Å². The van der Waals surface area contributed by atoms with Crippen LogP contribution in [0.2, 0.25) is 0 Å². The molecule has 0 spiro atoms. The van der Waals surface area contributed by atoms with Crippen molar-refractivity contribution in [2.24, 2.45) is 0 Å². The van der Waals surface area contributed by atoms with Gasteiger partial charge >= 0.3 is 0 Å². The number of hydrogen-bond donors (Lipinski definition) is 2. The summed E-state index contributed by atoms with van der Waals surface area (Å²) in [6.07, 6.45) is 6.42. The van der Waals surface area contributed by atoms with Crippen LogP contribution in [0, 0.1) is 0 Å². The van der Waals surface area contributed by atoms with Crippen molar-refractivity contribution in [1.82, 2.24) is 15.2 Å². The first kappa shape index (κ1) is 16.7. The van der Waals surface area contributed by atoms with E-state index in [4.69, 9.17) is 0 Å². The van der Waals surface area contributed by atoms with E-state index in [-0.39, 0.29) is 5.91 Å². The maximum absolute atomic E-state index is 11.0. The Balaban J connectivity index is 1.48. The Morgan fingerprint density at radius 3 is 2.91 bits per heavy atom. The summed E-state index contributed by atoms with van der Waals surface area (Å²) in [5, 5.41) is 18.2. The average Bonchev–Trinajstić information content (AvgIpc) is 3.15. The molecule has 0 saturated heterocycles. The predicted octanol–water partition coefficient (Wildman–Crippen LogP) is 3.99. The number of anilines is 2. The Kier molecular flexibility index (Phi) is 5.85. The number of nitrogens with one attached hydrogen (secondary N) is 2. The molecule has 1 fully saturated rings. The largest absolute Gasteiger partial charge is 0.357 e. The van der Waals surface area contributed by atoms with Crippen molar-refractivity contribution in [2.75, 3.05) is 10.6 Å². The molecule has 1 aliphatic rings. The third-order valence-electron chi connectivity index (χ3n) is 3.52. The Bertz CT molecular complexity index is 650. The second-order valence-electron chi connectivity index (χ2n) is 5.47. The highest BCUT2D eigenvalue weighted by Crippen LogP contribution is 2.30. The van der Waals surface area contributed by atoms with Gasteiger partial charge in [-0.1, -0.05) is 42.4 Å². The molecule has 23 heavy (non-hydrogen) atoms. The zero-order valence-electron chi connectivity index (χ0n) is 12.9. The van der Waals surface area contributed by atoms with Gasteiger partial charge in [-0.05, 0) is 12.8 Å². The summed E-state index contributed by atoms with van der Waals surface area (Å²) in [5.41, 5.74) is 0.945. The van der Waals surface area contributed by atoms with Crippen molar-refractivity contribution in [2.45, 2.75) is 55.2 Å². The minimum absolute atomic E-state index is 0.0962. The van der Waals surface area contributed by atoms with E-state index in [2.05, 4.69) is 25.8 Å². The summed E-state index contributed by atoms with van der Waals surface area (Å²) < 4.78 is 0.942. The summed E-state index contributed by atoms with van der Waals surface area (Å²) in [6.45, 7) is 1.48. The van der Waals surface area contributed by atoms with Crippen molar-refractivity contribution in [1.29, 1.82) is 0 Å². The van der Waals surface area contributed by atoms with Crippen LogP contribution in [0.1, 0.15) is 44.7 Å². The number of carbonyl (C=O) groups excluding carboxylic acids is 1. The second kappa shape index (κ2) is 8.07. The second-order valence-corrected chi connectivity index (χ2v) is 8.52. The van der Waals surface area contributed by atoms with Gasteiger partial charge in [0.15, 0.2) is 9.47 Å². The van der Waals surface area contributed by atoms with E-state index in [0.29, 0.717) is 11.2 Å². The molecule has 0 atom stereocenters. The Morgan fingerprint density at radius 1 is 1.30 bits per heavy atom. The zero-order valence-corrected chi connectivity index (χ0v) is 15.3. The van der Waals surface area contributed by atoms with Gasteiger partial charge in [-0.3, -0.25) is 4.79 Å². The molecule has 0 radical (unpaired) electrons. The van der Waals surface area contributed by atoms with Gasteiger partial charge in [0.2, 0.25) is 11.0 Å². The molecule has 1 aliphatic carbocycles. The maximum Gasteiger partial charge on any atom is 0.223 e. The van der Waals surface area contributed by atoms with Crippen molar-refractivity contribution in [3.05, 3.63) is 11.1 Å². The monoisotopic (exact) mass is 369 g/mol. The smallest absolute Gasteiger partial charge is 0.223 e. The minimum Gasteiger partial charge on any atom is -0.357 e. The summed E-state index contributed by atoms with van der Waals surface area (Å²) in [4.78, 5) is 15.4. The van der Waals surface area contributed by atoms with Gasteiger partial charge in [-0.15, -0.1) is 21.5 Å². The quantitative estimate of drug-likeness (QED) is 0.750. The van der Waals surface area contributed by atoms with Crippen molar-refractivity contribution < 1.29 is 4.79 Å². The van der Waals surface area contributed by atoms with Gasteiger partial charge in [-0.25, -0.2) is 4.98 Å². The number of nitrogens with zero attached hydrogens (tertiary/aromatic N) is 3. The lowest BCUT2D eigenvalue weighted by atomic mass is 9.96. The van der Waals surface area contributed by atoms with E-state index in [1.54, 1.807) is 23.1 Å². The van der Waals surface area contributed by atoms with Crippen molar-refractivity contribution in [3.8, 4) is 0 Å². The fraction of sp³-hybridized carbons (Fsp3) is 0.571. The van der Waals surface area contributed by atoms with E-state index in [1.807, 2.05) is 5.38 Å². The van der Waals surface area contributed by atoms with Crippen LogP contribution in [0.5, 0.6) is 0 Å². The molecule has 2 heterocycles. The number of hydrogen-bond acceptors (Lipinski definition) is 8. The fourth-order valence-corrected chi connectivity index (χ4v) is 5.05. The number of aromatic nitrogens is 3. The number of rotatable bonds is 6. The molecule has 0 aromatic carbocycles. The molecule has 1 saturated carbocycles. The summed E-state index contributed by atoms with van der Waals surface area (Å²) in [6, 6.07) is 0.549. The molecule has 0 unspecified atom stereocenters. The minimum atomic E-state index is -0.0962. The van der Waals surface area contributed by atoms with Gasteiger partial charge in [0.1, 0.15) is 0 Å². The number of carbonyl (C=O) groups is 1. The van der Waals surface area contributed by atoms with Crippen LogP contribution in [-0.2, 0) is 10.5 Å². The Hall–Kier alpha value is -1.19. The van der Waals surface area contributed by atoms with Gasteiger partial charge in [-0.2, -0.15) is 0 Å². The Labute approximate surface area is 147 Å². The lowest BCUT2D eigenvalue weighted by molar-refractivity contribution is -0.114. The SMILES string of the molecule is CC(=O)Nc1nc(CSc2nnc(NC3CCCCC3)s2)cs1. The highest BCUT2D eigenvalue weighted by atomic mass is 32.2. The molecule has 2 N–H and O–H groups in total. The van der Waals surface area contributed by atoms with Crippen LogP contribution in [0.25, 0.3) is 0 Å². The van der Waals surface area contributed by atoms with Crippen LogP contribution < -0.4 is 10.6 Å². The number of thioether (sulfide) groups is 1. The first-order valence-electron chi connectivity index (χ1n) is 7.64. The topological polar surface area (TPSA) is 79.8 Å². The maximum atomic E-state index is 11.0. The first-order chi connectivity index (χ1) is 11.2. The van der Waals surface area contributed by atoms with E-state index in [9.17, 15) is 4.79 Å². The zero-order chi connectivity index (χ0) is 16.1. The third kappa shape index (κ3) is 5.15. The molecule has 2 aromatic rings. The molecule has 3 rings (SSSR count). The van der Waals surface area contributed by atoms with Crippen LogP contribution >= 0.6 is 34.4 Å². The predicted molar refractivity (Wildman–Crippen MR) is 96.4 cm³/mol. The lowest BCUT2D eigenvalue weighted by Gasteiger charge is -2.21. The van der Waals surface area contributed by atoms with Gasteiger partial charge in [0.25, 0.3) is 0 Å². The van der Waals surface area contributed by atoms with E-state index >= 15 is 0 Å². The third-order valence-corrected chi connectivity index (χ3v) is 6.35. The molecule has 124 valence electrons. The van der Waals surface area contributed by atoms with Crippen molar-refractivity contribution in [3.63, 3.8) is 0 Å². The molecule has 2 aromatic heterocycles. The number of amides is 1. The summed E-state index contributed by atoms with van der Waals surface area (Å²) >= 11 is 4.66. The van der Waals surface area contributed by atoms with Gasteiger partial charge < -0.3 is 10.6 Å². The average molecular weight is 370 g/mol. The highest BCUT2D eigenvalue weighted by molar-refractivity contribution is 8.00. The van der Waals surface area contributed by atoms with Crippen LogP contribution in [0.4, 0.5) is 10.3 Å². The number of thiazole rings is 1. The lowest BCUT2D eigenvalue weighted by Crippen LogP contribution is -2.21. The Morgan fingerprint density at radius 2 is 2.13 bits per heavy atom. The molecule has 0 bridgehead atoms. The molecule has 6 nitrogen and oxygen atoms in total. The molecule has 1 amide bonds. The standard InChI is InChI=1S/C14H19N5OS3/c1-9(20)15-12-17-11(7-21-12)8-22-14-19-18-13(23-14)16-10-5-3-2-4-6-10/h7,10H,2-6,8H2,1H3,(H,16,18)(H,15,17,20). The van der Waals surface area contributed by atoms with Crippen LogP contribution in [-0.4, -0.2) is 27.1 Å². The molecule has 9 heteroatoms. The molecular weight excluding hydrogens is 350 g/mol. The van der Waals surface area contributed by atoms with E-state index in [1.165, 1.54) is 50.4 Å². The van der Waals surface area contributed by atoms with Crippen molar-refractivity contribution >= 4 is 50.6 Å². The summed E-state index contributed by atoms with van der Waals surface area (Å²) in [7, 11) is 0. The van der Waals surface area contributed by atoms with Gasteiger partial charge in [0, 0.05) is 24.1 Å². The van der Waals surface area contributed by atoms with Crippen LogP contribution in [0.3, 0.4) is 0 Å². The normalized spacial score (nSPS) is 15.5. The summed E-state index contributed by atoms with van der Waals surface area (Å²) in [5.74, 6) is 0.634. The molecular formula is C14H19N5OS3. The van der Waals surface area contributed by atoms with Crippen LogP contribution in [0.15, 0.2) is 9.72 Å². The first-order valence-corrected chi connectivity index (χ1v) is 10.3. The van der Waals surface area contributed by atoms with E-state index < -0.39 is 0 Å². The fourth-order valence-electron chi connectivity index (χ4n) is 2.46. The highest BCUT2D eigenvalue weighted by Gasteiger charge is 2.15. The van der Waals surface area contributed by atoms with E-state index in [0.717, 1.165) is 20.9 Å². The molecule has 0 aliphatic heterocycles.